The van der Waals surface area contributed by atoms with Crippen molar-refractivity contribution in [3.05, 3.63) is 206 Å². The van der Waals surface area contributed by atoms with Crippen molar-refractivity contribution in [3.8, 4) is 56.7 Å². The van der Waals surface area contributed by atoms with E-state index in [0.717, 1.165) is 94.0 Å². The molecule has 7 nitrogen and oxygen atoms in total. The van der Waals surface area contributed by atoms with Gasteiger partial charge in [0, 0.05) is 55.5 Å². The van der Waals surface area contributed by atoms with E-state index < -0.39 is 0 Å². The first-order valence-electron chi connectivity index (χ1n) is 21.0. The minimum Gasteiger partial charge on any atom is -0.454 e. The largest absolute Gasteiger partial charge is 0.454 e. The Balaban J connectivity index is 0.947. The van der Waals surface area contributed by atoms with Gasteiger partial charge in [-0.15, -0.1) is 0 Å². The van der Waals surface area contributed by atoms with Gasteiger partial charge in [0.1, 0.15) is 11.1 Å². The van der Waals surface area contributed by atoms with Gasteiger partial charge in [-0.1, -0.05) is 140 Å². The van der Waals surface area contributed by atoms with Crippen LogP contribution in [0.3, 0.4) is 0 Å². The zero-order chi connectivity index (χ0) is 41.4. The smallest absolute Gasteiger partial charge is 0.238 e. The van der Waals surface area contributed by atoms with Crippen molar-refractivity contribution in [1.29, 1.82) is 0 Å². The van der Waals surface area contributed by atoms with Crippen LogP contribution in [0.15, 0.2) is 211 Å². The van der Waals surface area contributed by atoms with Crippen molar-refractivity contribution in [1.82, 2.24) is 29.1 Å². The maximum absolute atomic E-state index is 6.35. The van der Waals surface area contributed by atoms with E-state index in [0.29, 0.717) is 17.6 Å². The highest BCUT2D eigenvalue weighted by molar-refractivity contribution is 6.12. The van der Waals surface area contributed by atoms with E-state index >= 15 is 0 Å². The number of benzene rings is 8. The summed E-state index contributed by atoms with van der Waals surface area (Å²) in [6.45, 7) is 0. The van der Waals surface area contributed by atoms with Crippen LogP contribution in [-0.2, 0) is 0 Å². The van der Waals surface area contributed by atoms with Gasteiger partial charge in [-0.3, -0.25) is 9.55 Å². The number of hydrogen-bond acceptors (Lipinski definition) is 5. The number of hydrogen-bond donors (Lipinski definition) is 0. The van der Waals surface area contributed by atoms with Crippen LogP contribution in [-0.4, -0.2) is 29.1 Å². The molecule has 5 aromatic heterocycles. The van der Waals surface area contributed by atoms with Gasteiger partial charge in [-0.05, 0) is 77.4 Å². The number of furan rings is 1. The summed E-state index contributed by atoms with van der Waals surface area (Å²) >= 11 is 0. The molecule has 13 rings (SSSR count). The summed E-state index contributed by atoms with van der Waals surface area (Å²) in [5.41, 5.74) is 14.2. The summed E-state index contributed by atoms with van der Waals surface area (Å²) in [5, 5.41) is 5.68. The predicted octanol–water partition coefficient (Wildman–Crippen LogP) is 14.0. The average Bonchev–Trinajstić information content (AvgIpc) is 4.02. The molecule has 0 aliphatic rings. The zero-order valence-electron chi connectivity index (χ0n) is 33.7. The van der Waals surface area contributed by atoms with Gasteiger partial charge in [0.2, 0.25) is 5.95 Å². The summed E-state index contributed by atoms with van der Waals surface area (Å²) < 4.78 is 10.9. The second-order valence-corrected chi connectivity index (χ2v) is 15.9. The summed E-state index contributed by atoms with van der Waals surface area (Å²) in [6.07, 6.45) is 1.87. The Morgan fingerprint density at radius 3 is 1.65 bits per heavy atom. The van der Waals surface area contributed by atoms with Crippen LogP contribution in [0.2, 0.25) is 0 Å². The molecule has 7 heteroatoms. The second-order valence-electron chi connectivity index (χ2n) is 15.9. The topological polar surface area (TPSA) is 74.6 Å². The Bertz CT molecular complexity index is 3850. The molecule has 0 saturated carbocycles. The van der Waals surface area contributed by atoms with Crippen LogP contribution >= 0.6 is 0 Å². The lowest BCUT2D eigenvalue weighted by Gasteiger charge is -2.11. The van der Waals surface area contributed by atoms with E-state index in [-0.39, 0.29) is 0 Å². The normalized spacial score (nSPS) is 11.8. The molecule has 0 saturated heterocycles. The van der Waals surface area contributed by atoms with Gasteiger partial charge < -0.3 is 8.98 Å². The van der Waals surface area contributed by atoms with E-state index in [9.17, 15) is 0 Å². The van der Waals surface area contributed by atoms with Crippen LogP contribution in [0.4, 0.5) is 0 Å². The van der Waals surface area contributed by atoms with Gasteiger partial charge in [0.25, 0.3) is 0 Å². The highest BCUT2D eigenvalue weighted by Crippen LogP contribution is 2.40. The third kappa shape index (κ3) is 5.60. The number of aromatic nitrogens is 6. The molecule has 0 spiro atoms. The lowest BCUT2D eigenvalue weighted by atomic mass is 10.0. The fourth-order valence-corrected chi connectivity index (χ4v) is 9.32. The van der Waals surface area contributed by atoms with Crippen LogP contribution in [0.1, 0.15) is 0 Å². The van der Waals surface area contributed by atoms with Crippen LogP contribution in [0.5, 0.6) is 0 Å². The molecule has 0 aliphatic heterocycles. The maximum Gasteiger partial charge on any atom is 0.238 e. The first kappa shape index (κ1) is 35.1. The minimum atomic E-state index is 0.574. The zero-order valence-corrected chi connectivity index (χ0v) is 33.7. The number of fused-ring (bicyclic) bond motifs is 9. The average molecular weight is 807 g/mol. The summed E-state index contributed by atoms with van der Waals surface area (Å²) in [4.78, 5) is 19.9. The SMILES string of the molecule is c1ccc(-c2nc(-c3ccccc3)nc(-n3c4ccccc4c4cc(-c5ccc6c7ccccc7n(-c7ccc(-c8ccnc9c8oc8ccccc89)cc7)c6c5)ccc43)n2)cc1. The molecule has 5 heterocycles. The molecule has 294 valence electrons. The first-order chi connectivity index (χ1) is 31.2. The Kier molecular flexibility index (Phi) is 7.77. The molecule has 0 bridgehead atoms. The van der Waals surface area contributed by atoms with Gasteiger partial charge >= 0.3 is 0 Å². The molecule has 8 aromatic carbocycles. The van der Waals surface area contributed by atoms with E-state index in [1.165, 1.54) is 10.8 Å². The highest BCUT2D eigenvalue weighted by Gasteiger charge is 2.20. The second kappa shape index (κ2) is 13.9. The monoisotopic (exact) mass is 806 g/mol. The summed E-state index contributed by atoms with van der Waals surface area (Å²) in [7, 11) is 0. The third-order valence-electron chi connectivity index (χ3n) is 12.3. The van der Waals surface area contributed by atoms with Gasteiger partial charge in [-0.2, -0.15) is 9.97 Å². The minimum absolute atomic E-state index is 0.574. The molecule has 0 fully saturated rings. The fraction of sp³-hybridized carbons (Fsp3) is 0. The van der Waals surface area contributed by atoms with Crippen molar-refractivity contribution in [2.45, 2.75) is 0 Å². The lowest BCUT2D eigenvalue weighted by molar-refractivity contribution is 0.669. The van der Waals surface area contributed by atoms with Crippen molar-refractivity contribution in [2.24, 2.45) is 0 Å². The Morgan fingerprint density at radius 1 is 0.365 bits per heavy atom. The summed E-state index contributed by atoms with van der Waals surface area (Å²) in [6, 6.07) is 69.8. The van der Waals surface area contributed by atoms with Crippen LogP contribution in [0, 0.1) is 0 Å². The Hall–Kier alpha value is -8.68. The quantitative estimate of drug-likeness (QED) is 0.167. The van der Waals surface area contributed by atoms with Gasteiger partial charge in [0.15, 0.2) is 17.2 Å². The molecule has 0 amide bonds. The Labute approximate surface area is 360 Å². The third-order valence-corrected chi connectivity index (χ3v) is 12.3. The summed E-state index contributed by atoms with van der Waals surface area (Å²) in [5.74, 6) is 1.83. The van der Waals surface area contributed by atoms with E-state index in [4.69, 9.17) is 19.4 Å². The van der Waals surface area contributed by atoms with E-state index in [1.54, 1.807) is 0 Å². The van der Waals surface area contributed by atoms with Crippen LogP contribution < -0.4 is 0 Å². The lowest BCUT2D eigenvalue weighted by Crippen LogP contribution is -2.06. The molecular formula is C56H34N6O. The molecule has 0 aliphatic carbocycles. The number of para-hydroxylation sites is 3. The molecule has 0 radical (unpaired) electrons. The highest BCUT2D eigenvalue weighted by atomic mass is 16.3. The van der Waals surface area contributed by atoms with Crippen LogP contribution in [0.25, 0.3) is 122 Å². The number of pyridine rings is 1. The standard InChI is InChI=1S/C56H34N6O/c1-3-13-36(14-4-1)54-58-55(37-15-5-2-6-16-37)60-56(59-54)62-48-21-11-8-18-43(48)46-33-38(26-30-49(46)62)39-25-29-44-42-17-7-10-20-47(42)61(50(44)34-39)40-27-23-35(24-28-40)41-31-32-57-52-45-19-9-12-22-51(45)63-53(41)52/h1-34H. The molecule has 63 heavy (non-hydrogen) atoms. The van der Waals surface area contributed by atoms with Gasteiger partial charge in [-0.25, -0.2) is 4.98 Å². The molecule has 13 aromatic rings. The fourth-order valence-electron chi connectivity index (χ4n) is 9.32. The van der Waals surface area contributed by atoms with E-state index in [1.807, 2.05) is 91.1 Å². The first-order valence-corrected chi connectivity index (χ1v) is 21.0. The van der Waals surface area contributed by atoms with Crippen molar-refractivity contribution in [3.63, 3.8) is 0 Å². The molecule has 0 N–H and O–H groups in total. The number of rotatable bonds is 6. The predicted molar refractivity (Wildman–Crippen MR) is 255 cm³/mol. The molecule has 0 atom stereocenters. The maximum atomic E-state index is 6.35. The van der Waals surface area contributed by atoms with Crippen molar-refractivity contribution in [2.75, 3.05) is 0 Å². The van der Waals surface area contributed by atoms with Gasteiger partial charge in [0.05, 0.1) is 22.1 Å². The van der Waals surface area contributed by atoms with E-state index in [2.05, 4.69) is 129 Å². The van der Waals surface area contributed by atoms with Crippen molar-refractivity contribution < 1.29 is 4.42 Å². The number of nitrogens with zero attached hydrogens (tertiary/aromatic N) is 6. The van der Waals surface area contributed by atoms with Crippen molar-refractivity contribution >= 4 is 65.7 Å². The Morgan fingerprint density at radius 2 is 0.921 bits per heavy atom. The molecule has 0 unspecified atom stereocenters. The molecular weight excluding hydrogens is 773 g/mol.